The summed E-state index contributed by atoms with van der Waals surface area (Å²) in [6.07, 6.45) is 1.87. The maximum atomic E-state index is 10.3. The fourth-order valence-electron chi connectivity index (χ4n) is 1.03. The summed E-state index contributed by atoms with van der Waals surface area (Å²) in [5.74, 6) is 0. The van der Waals surface area contributed by atoms with E-state index in [1.807, 2.05) is 6.92 Å². The molecule has 0 amide bonds. The minimum Gasteiger partial charge on any atom is -0.393 e. The Balaban J connectivity index is 2.68. The fourth-order valence-corrected chi connectivity index (χ4v) is 1.03. The lowest BCUT2D eigenvalue weighted by Gasteiger charge is -2.05. The molecule has 1 aromatic rings. The quantitative estimate of drug-likeness (QED) is 0.581. The standard InChI is InChI=1S/C9H12N2O3/c1-2-9(12)5-7-3-4-8(6-10-7)11(13)14/h3-4,6,9,12H,2,5H2,1H3. The molecule has 0 radical (unpaired) electrons. The lowest BCUT2D eigenvalue weighted by molar-refractivity contribution is -0.385. The van der Waals surface area contributed by atoms with Gasteiger partial charge in [0.1, 0.15) is 6.20 Å². The predicted octanol–water partition coefficient (Wildman–Crippen LogP) is 1.30. The molecule has 0 aliphatic heterocycles. The Labute approximate surface area is 81.6 Å². The van der Waals surface area contributed by atoms with Crippen LogP contribution in [0.4, 0.5) is 5.69 Å². The van der Waals surface area contributed by atoms with Crippen molar-refractivity contribution >= 4 is 5.69 Å². The van der Waals surface area contributed by atoms with Crippen LogP contribution in [0.5, 0.6) is 0 Å². The van der Waals surface area contributed by atoms with Crippen LogP contribution in [-0.4, -0.2) is 21.1 Å². The summed E-state index contributed by atoms with van der Waals surface area (Å²) in [5, 5.41) is 19.6. The van der Waals surface area contributed by atoms with Crippen LogP contribution >= 0.6 is 0 Å². The van der Waals surface area contributed by atoms with Crippen LogP contribution in [0.3, 0.4) is 0 Å². The number of aliphatic hydroxyl groups excluding tert-OH is 1. The number of aliphatic hydroxyl groups is 1. The van der Waals surface area contributed by atoms with E-state index in [2.05, 4.69) is 4.98 Å². The molecule has 0 bridgehead atoms. The van der Waals surface area contributed by atoms with Crippen molar-refractivity contribution in [1.82, 2.24) is 4.98 Å². The van der Waals surface area contributed by atoms with Crippen molar-refractivity contribution in [3.05, 3.63) is 34.1 Å². The Morgan fingerprint density at radius 1 is 1.64 bits per heavy atom. The molecule has 14 heavy (non-hydrogen) atoms. The Morgan fingerprint density at radius 3 is 2.79 bits per heavy atom. The van der Waals surface area contributed by atoms with E-state index in [9.17, 15) is 15.2 Å². The first-order valence-corrected chi connectivity index (χ1v) is 4.41. The van der Waals surface area contributed by atoms with E-state index in [4.69, 9.17) is 0 Å². The molecule has 0 aliphatic rings. The largest absolute Gasteiger partial charge is 0.393 e. The molecule has 5 heteroatoms. The third-order valence-electron chi connectivity index (χ3n) is 1.94. The summed E-state index contributed by atoms with van der Waals surface area (Å²) in [6, 6.07) is 2.96. The number of rotatable bonds is 4. The molecule has 1 aromatic heterocycles. The van der Waals surface area contributed by atoms with Gasteiger partial charge in [-0.3, -0.25) is 15.1 Å². The molecule has 5 nitrogen and oxygen atoms in total. The molecule has 1 atom stereocenters. The van der Waals surface area contributed by atoms with Gasteiger partial charge in [-0.2, -0.15) is 0 Å². The van der Waals surface area contributed by atoms with Gasteiger partial charge in [0.15, 0.2) is 0 Å². The topological polar surface area (TPSA) is 76.3 Å². The molecular formula is C9H12N2O3. The molecule has 1 heterocycles. The number of pyridine rings is 1. The molecule has 0 spiro atoms. The van der Waals surface area contributed by atoms with E-state index < -0.39 is 11.0 Å². The second-order valence-corrected chi connectivity index (χ2v) is 3.03. The average Bonchev–Trinajstić information content (AvgIpc) is 2.18. The molecule has 1 unspecified atom stereocenters. The van der Waals surface area contributed by atoms with Gasteiger partial charge in [0, 0.05) is 18.2 Å². The number of nitrogens with zero attached hydrogens (tertiary/aromatic N) is 2. The van der Waals surface area contributed by atoms with E-state index in [1.54, 1.807) is 6.07 Å². The summed E-state index contributed by atoms with van der Waals surface area (Å²) in [5.41, 5.74) is 0.643. The predicted molar refractivity (Wildman–Crippen MR) is 50.9 cm³/mol. The molecule has 0 aliphatic carbocycles. The van der Waals surface area contributed by atoms with Crippen molar-refractivity contribution in [3.63, 3.8) is 0 Å². The molecule has 0 saturated carbocycles. The van der Waals surface area contributed by atoms with Crippen LogP contribution in [0.25, 0.3) is 0 Å². The number of hydrogen-bond acceptors (Lipinski definition) is 4. The van der Waals surface area contributed by atoms with Gasteiger partial charge in [-0.05, 0) is 12.5 Å². The van der Waals surface area contributed by atoms with Crippen molar-refractivity contribution in [3.8, 4) is 0 Å². The van der Waals surface area contributed by atoms with Crippen LogP contribution < -0.4 is 0 Å². The monoisotopic (exact) mass is 196 g/mol. The van der Waals surface area contributed by atoms with Gasteiger partial charge >= 0.3 is 0 Å². The van der Waals surface area contributed by atoms with E-state index in [-0.39, 0.29) is 5.69 Å². The van der Waals surface area contributed by atoms with Crippen LogP contribution in [-0.2, 0) is 6.42 Å². The van der Waals surface area contributed by atoms with Gasteiger partial charge in [-0.15, -0.1) is 0 Å². The zero-order chi connectivity index (χ0) is 10.6. The first-order chi connectivity index (χ1) is 6.63. The van der Waals surface area contributed by atoms with E-state index >= 15 is 0 Å². The number of nitro groups is 1. The third-order valence-corrected chi connectivity index (χ3v) is 1.94. The first-order valence-electron chi connectivity index (χ1n) is 4.41. The van der Waals surface area contributed by atoms with E-state index in [0.717, 1.165) is 0 Å². The summed E-state index contributed by atoms with van der Waals surface area (Å²) >= 11 is 0. The second kappa shape index (κ2) is 4.66. The van der Waals surface area contributed by atoms with Crippen molar-refractivity contribution in [1.29, 1.82) is 0 Å². The van der Waals surface area contributed by atoms with E-state index in [1.165, 1.54) is 12.3 Å². The average molecular weight is 196 g/mol. The smallest absolute Gasteiger partial charge is 0.287 e. The van der Waals surface area contributed by atoms with Gasteiger partial charge in [-0.25, -0.2) is 0 Å². The summed E-state index contributed by atoms with van der Waals surface area (Å²) in [6.45, 7) is 1.87. The first kappa shape index (κ1) is 10.6. The highest BCUT2D eigenvalue weighted by Crippen LogP contribution is 2.10. The summed E-state index contributed by atoms with van der Waals surface area (Å²) in [7, 11) is 0. The number of aromatic nitrogens is 1. The summed E-state index contributed by atoms with van der Waals surface area (Å²) in [4.78, 5) is 13.7. The van der Waals surface area contributed by atoms with Gasteiger partial charge in [0.25, 0.3) is 5.69 Å². The van der Waals surface area contributed by atoms with Crippen molar-refractivity contribution in [2.75, 3.05) is 0 Å². The minimum absolute atomic E-state index is 0.0280. The maximum Gasteiger partial charge on any atom is 0.287 e. The lowest BCUT2D eigenvalue weighted by Crippen LogP contribution is -2.09. The van der Waals surface area contributed by atoms with Crippen LogP contribution in [0, 0.1) is 10.1 Å². The van der Waals surface area contributed by atoms with Crippen molar-refractivity contribution in [2.45, 2.75) is 25.9 Å². The zero-order valence-corrected chi connectivity index (χ0v) is 7.88. The minimum atomic E-state index is -0.493. The van der Waals surface area contributed by atoms with Gasteiger partial charge < -0.3 is 5.11 Å². The third kappa shape index (κ3) is 2.77. The van der Waals surface area contributed by atoms with Crippen LogP contribution in [0.15, 0.2) is 18.3 Å². The molecule has 1 N–H and O–H groups in total. The SMILES string of the molecule is CCC(O)Cc1ccc([N+](=O)[O-])cn1. The highest BCUT2D eigenvalue weighted by molar-refractivity contribution is 5.26. The number of hydrogen-bond donors (Lipinski definition) is 1. The van der Waals surface area contributed by atoms with Crippen molar-refractivity contribution in [2.24, 2.45) is 0 Å². The zero-order valence-electron chi connectivity index (χ0n) is 7.88. The van der Waals surface area contributed by atoms with Gasteiger partial charge in [0.05, 0.1) is 11.0 Å². The molecule has 76 valence electrons. The normalized spacial score (nSPS) is 12.4. The Kier molecular flexibility index (Phi) is 3.53. The molecular weight excluding hydrogens is 184 g/mol. The maximum absolute atomic E-state index is 10.3. The van der Waals surface area contributed by atoms with Crippen LogP contribution in [0.1, 0.15) is 19.0 Å². The Bertz CT molecular complexity index is 310. The van der Waals surface area contributed by atoms with Crippen molar-refractivity contribution < 1.29 is 10.0 Å². The van der Waals surface area contributed by atoms with E-state index in [0.29, 0.717) is 18.5 Å². The molecule has 1 rings (SSSR count). The lowest BCUT2D eigenvalue weighted by atomic mass is 10.1. The Morgan fingerprint density at radius 2 is 2.36 bits per heavy atom. The Hall–Kier alpha value is -1.49. The molecule has 0 fully saturated rings. The molecule has 0 saturated heterocycles. The van der Waals surface area contributed by atoms with Gasteiger partial charge in [0.2, 0.25) is 0 Å². The highest BCUT2D eigenvalue weighted by Gasteiger charge is 2.07. The highest BCUT2D eigenvalue weighted by atomic mass is 16.6. The molecule has 0 aromatic carbocycles. The fraction of sp³-hybridized carbons (Fsp3) is 0.444. The van der Waals surface area contributed by atoms with Gasteiger partial charge in [-0.1, -0.05) is 6.92 Å². The second-order valence-electron chi connectivity index (χ2n) is 3.03. The summed E-state index contributed by atoms with van der Waals surface area (Å²) < 4.78 is 0. The van der Waals surface area contributed by atoms with Crippen LogP contribution in [0.2, 0.25) is 0 Å².